The second-order valence-corrected chi connectivity index (χ2v) is 7.43. The molecule has 0 N–H and O–H groups in total. The lowest BCUT2D eigenvalue weighted by atomic mass is 10.2. The van der Waals surface area contributed by atoms with Crippen LogP contribution in [0.4, 0.5) is 0 Å². The van der Waals surface area contributed by atoms with Crippen LogP contribution < -0.4 is 0 Å². The van der Waals surface area contributed by atoms with Crippen molar-refractivity contribution in [2.75, 3.05) is 32.9 Å². The molecule has 0 bridgehead atoms. The molecule has 1 saturated heterocycles. The summed E-state index contributed by atoms with van der Waals surface area (Å²) in [5, 5.41) is 0. The zero-order chi connectivity index (χ0) is 19.4. The predicted octanol–water partition coefficient (Wildman–Crippen LogP) is 2.40. The molecule has 7 nitrogen and oxygen atoms in total. The minimum Gasteiger partial charge on any atom is -0.466 e. The first-order valence-electron chi connectivity index (χ1n) is 8.65. The van der Waals surface area contributed by atoms with Crippen molar-refractivity contribution in [3.8, 4) is 0 Å². The van der Waals surface area contributed by atoms with Gasteiger partial charge in [0.25, 0.3) is 0 Å². The summed E-state index contributed by atoms with van der Waals surface area (Å²) >= 11 is 1.25. The number of carbonyl (C=O) groups excluding carboxylic acids is 3. The van der Waals surface area contributed by atoms with Gasteiger partial charge < -0.3 is 18.8 Å². The largest absolute Gasteiger partial charge is 0.466 e. The van der Waals surface area contributed by atoms with Crippen LogP contribution in [0.1, 0.15) is 36.4 Å². The molecule has 2 aromatic rings. The fraction of sp³-hybridized carbons (Fsp3) is 0.421. The number of amides is 1. The molecule has 3 heterocycles. The Labute approximate surface area is 160 Å². The third-order valence-corrected chi connectivity index (χ3v) is 5.35. The lowest BCUT2D eigenvalue weighted by Crippen LogP contribution is -2.41. The van der Waals surface area contributed by atoms with Crippen LogP contribution in [0.5, 0.6) is 0 Å². The maximum Gasteiger partial charge on any atom is 0.342 e. The molecular formula is C19H21NO6S. The Bertz CT molecular complexity index is 846. The van der Waals surface area contributed by atoms with E-state index in [4.69, 9.17) is 13.9 Å². The number of esters is 1. The third kappa shape index (κ3) is 4.84. The van der Waals surface area contributed by atoms with Gasteiger partial charge in [-0.15, -0.1) is 11.3 Å². The van der Waals surface area contributed by atoms with E-state index in [1.807, 2.05) is 0 Å². The molecule has 1 aliphatic rings. The van der Waals surface area contributed by atoms with Gasteiger partial charge in [0.05, 0.1) is 24.5 Å². The Morgan fingerprint density at radius 3 is 2.59 bits per heavy atom. The molecule has 0 saturated carbocycles. The number of furan rings is 1. The molecule has 0 aliphatic carbocycles. The van der Waals surface area contributed by atoms with Gasteiger partial charge >= 0.3 is 5.97 Å². The molecule has 0 atom stereocenters. The van der Waals surface area contributed by atoms with Crippen LogP contribution in [0.3, 0.4) is 0 Å². The first kappa shape index (κ1) is 19.3. The van der Waals surface area contributed by atoms with Crippen molar-refractivity contribution in [3.63, 3.8) is 0 Å². The van der Waals surface area contributed by atoms with Gasteiger partial charge in [-0.3, -0.25) is 9.59 Å². The van der Waals surface area contributed by atoms with Gasteiger partial charge in [-0.1, -0.05) is 0 Å². The summed E-state index contributed by atoms with van der Waals surface area (Å²) in [6, 6.07) is 5.01. The Balaban J connectivity index is 1.52. The molecule has 3 rings (SSSR count). The number of morpholine rings is 1. The molecule has 2 aromatic heterocycles. The second kappa shape index (κ2) is 8.49. The van der Waals surface area contributed by atoms with Crippen molar-refractivity contribution < 1.29 is 28.3 Å². The molecule has 1 fully saturated rings. The van der Waals surface area contributed by atoms with Crippen LogP contribution in [0.2, 0.25) is 0 Å². The minimum absolute atomic E-state index is 0.0244. The summed E-state index contributed by atoms with van der Waals surface area (Å²) in [6.45, 7) is 5.36. The van der Waals surface area contributed by atoms with Crippen molar-refractivity contribution in [3.05, 3.63) is 45.0 Å². The average molecular weight is 391 g/mol. The Morgan fingerprint density at radius 2 is 1.93 bits per heavy atom. The number of ketones is 1. The quantitative estimate of drug-likeness (QED) is 0.555. The monoisotopic (exact) mass is 391 g/mol. The van der Waals surface area contributed by atoms with Gasteiger partial charge in [-0.25, -0.2) is 4.79 Å². The first-order valence-corrected chi connectivity index (χ1v) is 9.47. The van der Waals surface area contributed by atoms with Gasteiger partial charge in [-0.05, 0) is 32.0 Å². The summed E-state index contributed by atoms with van der Waals surface area (Å²) in [6.07, 6.45) is 0.255. The minimum atomic E-state index is -0.586. The van der Waals surface area contributed by atoms with Crippen LogP contribution in [0.15, 0.2) is 22.6 Å². The fourth-order valence-electron chi connectivity index (χ4n) is 2.81. The maximum absolute atomic E-state index is 12.3. The van der Waals surface area contributed by atoms with E-state index in [2.05, 4.69) is 0 Å². The number of ether oxygens (including phenoxy) is 2. The lowest BCUT2D eigenvalue weighted by molar-refractivity contribution is -0.134. The van der Waals surface area contributed by atoms with Gasteiger partial charge in [0.1, 0.15) is 17.1 Å². The molecule has 1 amide bonds. The normalized spacial score (nSPS) is 14.2. The number of hydrogen-bond acceptors (Lipinski definition) is 7. The number of thiophene rings is 1. The highest BCUT2D eigenvalue weighted by Crippen LogP contribution is 2.20. The van der Waals surface area contributed by atoms with Gasteiger partial charge in [0.15, 0.2) is 6.61 Å². The Morgan fingerprint density at radius 1 is 1.19 bits per heavy atom. The van der Waals surface area contributed by atoms with Crippen molar-refractivity contribution >= 4 is 29.0 Å². The van der Waals surface area contributed by atoms with Crippen molar-refractivity contribution in [2.24, 2.45) is 0 Å². The summed E-state index contributed by atoms with van der Waals surface area (Å²) in [4.78, 5) is 39.6. The van der Waals surface area contributed by atoms with Crippen molar-refractivity contribution in [2.45, 2.75) is 20.3 Å². The van der Waals surface area contributed by atoms with Gasteiger partial charge in [0.2, 0.25) is 11.7 Å². The lowest BCUT2D eigenvalue weighted by Gasteiger charge is -2.26. The van der Waals surface area contributed by atoms with Crippen LogP contribution in [0.25, 0.3) is 0 Å². The molecule has 8 heteroatoms. The summed E-state index contributed by atoms with van der Waals surface area (Å²) in [5.41, 5.74) is 0.322. The number of carbonyl (C=O) groups is 3. The van der Waals surface area contributed by atoms with Crippen LogP contribution in [0, 0.1) is 13.8 Å². The number of nitrogens with zero attached hydrogens (tertiary/aromatic N) is 1. The molecule has 0 unspecified atom stereocenters. The Hall–Kier alpha value is -2.45. The highest BCUT2D eigenvalue weighted by Gasteiger charge is 2.20. The highest BCUT2D eigenvalue weighted by molar-refractivity contribution is 7.14. The van der Waals surface area contributed by atoms with E-state index in [0.717, 1.165) is 4.88 Å². The van der Waals surface area contributed by atoms with E-state index in [1.165, 1.54) is 11.3 Å². The molecule has 1 aliphatic heterocycles. The maximum atomic E-state index is 12.3. The number of Topliss-reactive ketones (excluding diaryl/α,β-unsaturated/α-hetero) is 1. The standard InChI is InChI=1S/C19H21NO6S/c1-12-9-15(13(2)26-12)19(23)25-11-16(21)17-4-3-14(27-17)10-18(22)20-5-7-24-8-6-20/h3-4,9H,5-8,10-11H2,1-2H3. The predicted molar refractivity (Wildman–Crippen MR) is 98.2 cm³/mol. The van der Waals surface area contributed by atoms with Gasteiger partial charge in [0, 0.05) is 18.0 Å². The fourth-order valence-corrected chi connectivity index (χ4v) is 3.73. The van der Waals surface area contributed by atoms with Crippen LogP contribution >= 0.6 is 11.3 Å². The summed E-state index contributed by atoms with van der Waals surface area (Å²) < 4.78 is 15.6. The van der Waals surface area contributed by atoms with E-state index >= 15 is 0 Å². The van der Waals surface area contributed by atoms with E-state index in [0.29, 0.717) is 48.3 Å². The molecule has 144 valence electrons. The third-order valence-electron chi connectivity index (χ3n) is 4.22. The number of hydrogen-bond donors (Lipinski definition) is 0. The number of rotatable bonds is 6. The topological polar surface area (TPSA) is 86.1 Å². The van der Waals surface area contributed by atoms with E-state index in [1.54, 1.807) is 36.9 Å². The van der Waals surface area contributed by atoms with E-state index < -0.39 is 5.97 Å². The molecule has 0 aromatic carbocycles. The number of aryl methyl sites for hydroxylation is 2. The summed E-state index contributed by atoms with van der Waals surface area (Å²) in [7, 11) is 0. The van der Waals surface area contributed by atoms with E-state index in [9.17, 15) is 14.4 Å². The van der Waals surface area contributed by atoms with Crippen LogP contribution in [-0.2, 0) is 20.7 Å². The van der Waals surface area contributed by atoms with Crippen molar-refractivity contribution in [1.29, 1.82) is 0 Å². The van der Waals surface area contributed by atoms with Crippen LogP contribution in [-0.4, -0.2) is 55.5 Å². The Kier molecular flexibility index (Phi) is 6.08. The molecule has 0 radical (unpaired) electrons. The SMILES string of the molecule is Cc1cc(C(=O)OCC(=O)c2ccc(CC(=O)N3CCOCC3)s2)c(C)o1. The zero-order valence-electron chi connectivity index (χ0n) is 15.3. The zero-order valence-corrected chi connectivity index (χ0v) is 16.1. The molecular weight excluding hydrogens is 370 g/mol. The average Bonchev–Trinajstić information content (AvgIpc) is 3.26. The summed E-state index contributed by atoms with van der Waals surface area (Å²) in [5.74, 6) is 0.216. The van der Waals surface area contributed by atoms with Crippen molar-refractivity contribution in [1.82, 2.24) is 4.90 Å². The smallest absolute Gasteiger partial charge is 0.342 e. The molecule has 0 spiro atoms. The van der Waals surface area contributed by atoms with Gasteiger partial charge in [-0.2, -0.15) is 0 Å². The highest BCUT2D eigenvalue weighted by atomic mass is 32.1. The first-order chi connectivity index (χ1) is 12.9. The second-order valence-electron chi connectivity index (χ2n) is 6.26. The molecule has 27 heavy (non-hydrogen) atoms. The van der Waals surface area contributed by atoms with E-state index in [-0.39, 0.29) is 24.7 Å².